The minimum absolute atomic E-state index is 0.0883. The van der Waals surface area contributed by atoms with Gasteiger partial charge in [0.15, 0.2) is 0 Å². The number of thioether (sulfide) groups is 1. The molecule has 0 atom stereocenters. The average molecular weight is 302 g/mol. The number of rotatable bonds is 8. The Morgan fingerprint density at radius 2 is 2.10 bits per heavy atom. The smallest absolute Gasteiger partial charge is 0.387 e. The summed E-state index contributed by atoms with van der Waals surface area (Å²) in [6.45, 7) is -2.83. The predicted molar refractivity (Wildman–Crippen MR) is 73.2 cm³/mol. The molecule has 1 N–H and O–H groups in total. The van der Waals surface area contributed by atoms with Gasteiger partial charge in [0.05, 0.1) is 6.42 Å². The third-order valence-electron chi connectivity index (χ3n) is 3.34. The maximum atomic E-state index is 12.3. The fraction of sp³-hybridized carbons (Fsp3) is 0.500. The monoisotopic (exact) mass is 302 g/mol. The van der Waals surface area contributed by atoms with E-state index in [9.17, 15) is 13.6 Å². The highest BCUT2D eigenvalue weighted by Crippen LogP contribution is 2.51. The van der Waals surface area contributed by atoms with Gasteiger partial charge in [0, 0.05) is 11.3 Å². The van der Waals surface area contributed by atoms with Crippen molar-refractivity contribution in [2.75, 3.05) is 5.75 Å². The summed E-state index contributed by atoms with van der Waals surface area (Å²) in [6.07, 6.45) is 2.05. The van der Waals surface area contributed by atoms with Crippen LogP contribution in [-0.2, 0) is 10.5 Å². The van der Waals surface area contributed by atoms with Gasteiger partial charge in [-0.15, -0.1) is 0 Å². The van der Waals surface area contributed by atoms with Gasteiger partial charge in [0.2, 0.25) is 0 Å². The first-order chi connectivity index (χ1) is 9.51. The number of hydrogen-bond acceptors (Lipinski definition) is 3. The molecule has 20 heavy (non-hydrogen) atoms. The molecule has 1 fully saturated rings. The van der Waals surface area contributed by atoms with Crippen molar-refractivity contribution in [2.24, 2.45) is 5.41 Å². The molecule has 0 aliphatic heterocycles. The van der Waals surface area contributed by atoms with Crippen molar-refractivity contribution >= 4 is 17.7 Å². The van der Waals surface area contributed by atoms with Crippen molar-refractivity contribution in [3.8, 4) is 5.75 Å². The number of benzene rings is 1. The van der Waals surface area contributed by atoms with E-state index in [0.717, 1.165) is 18.6 Å². The second kappa shape index (κ2) is 6.43. The lowest BCUT2D eigenvalue weighted by Gasteiger charge is -2.13. The third-order valence-corrected chi connectivity index (χ3v) is 4.67. The highest BCUT2D eigenvalue weighted by Gasteiger charge is 2.44. The van der Waals surface area contributed by atoms with Crippen LogP contribution in [0.2, 0.25) is 0 Å². The number of halogens is 2. The molecule has 0 unspecified atom stereocenters. The Labute approximate surface area is 120 Å². The van der Waals surface area contributed by atoms with E-state index in [1.165, 1.54) is 6.07 Å². The zero-order chi connectivity index (χ0) is 14.6. The van der Waals surface area contributed by atoms with Crippen LogP contribution in [0.15, 0.2) is 24.3 Å². The maximum Gasteiger partial charge on any atom is 0.387 e. The van der Waals surface area contributed by atoms with Crippen molar-refractivity contribution < 1.29 is 23.4 Å². The van der Waals surface area contributed by atoms with Crippen LogP contribution in [-0.4, -0.2) is 23.4 Å². The number of ether oxygens (including phenoxy) is 1. The zero-order valence-electron chi connectivity index (χ0n) is 10.9. The molecule has 0 spiro atoms. The molecule has 0 aromatic heterocycles. The summed E-state index contributed by atoms with van der Waals surface area (Å²) in [5, 5.41) is 8.84. The quantitative estimate of drug-likeness (QED) is 0.794. The van der Waals surface area contributed by atoms with Crippen molar-refractivity contribution in [1.29, 1.82) is 0 Å². The molecular formula is C14H16F2O3S. The molecule has 6 heteroatoms. The number of aliphatic carboxylic acids is 1. The summed E-state index contributed by atoms with van der Waals surface area (Å²) in [6, 6.07) is 6.70. The largest absolute Gasteiger partial charge is 0.481 e. The lowest BCUT2D eigenvalue weighted by molar-refractivity contribution is -0.138. The minimum atomic E-state index is -2.83. The Hall–Kier alpha value is -1.30. The van der Waals surface area contributed by atoms with Crippen LogP contribution < -0.4 is 4.74 Å². The van der Waals surface area contributed by atoms with Gasteiger partial charge >= 0.3 is 12.6 Å². The van der Waals surface area contributed by atoms with Gasteiger partial charge < -0.3 is 9.84 Å². The topological polar surface area (TPSA) is 46.5 Å². The van der Waals surface area contributed by atoms with Crippen molar-refractivity contribution in [3.63, 3.8) is 0 Å². The van der Waals surface area contributed by atoms with E-state index in [2.05, 4.69) is 4.74 Å². The van der Waals surface area contributed by atoms with E-state index in [1.54, 1.807) is 30.0 Å². The molecule has 1 aliphatic rings. The van der Waals surface area contributed by atoms with Gasteiger partial charge in [-0.05, 0) is 30.1 Å². The molecule has 0 heterocycles. The Kier molecular flexibility index (Phi) is 4.86. The first-order valence-electron chi connectivity index (χ1n) is 6.33. The summed E-state index contributed by atoms with van der Waals surface area (Å²) in [7, 11) is 0. The maximum absolute atomic E-state index is 12.3. The summed E-state index contributed by atoms with van der Waals surface area (Å²) in [4.78, 5) is 10.8. The van der Waals surface area contributed by atoms with Gasteiger partial charge in [-0.2, -0.15) is 20.5 Å². The van der Waals surface area contributed by atoms with Gasteiger partial charge in [-0.25, -0.2) is 0 Å². The molecule has 0 amide bonds. The lowest BCUT2D eigenvalue weighted by atomic mass is 10.1. The molecule has 1 aliphatic carbocycles. The van der Waals surface area contributed by atoms with Crippen LogP contribution >= 0.6 is 11.8 Å². The molecule has 1 saturated carbocycles. The first-order valence-corrected chi connectivity index (χ1v) is 7.48. The normalized spacial score (nSPS) is 16.1. The number of carboxylic acids is 1. The summed E-state index contributed by atoms with van der Waals surface area (Å²) < 4.78 is 29.0. The van der Waals surface area contributed by atoms with Crippen molar-refractivity contribution in [3.05, 3.63) is 29.8 Å². The van der Waals surface area contributed by atoms with E-state index in [0.29, 0.717) is 11.3 Å². The number of alkyl halides is 2. The molecule has 0 saturated heterocycles. The van der Waals surface area contributed by atoms with Crippen LogP contribution in [0.25, 0.3) is 0 Å². The van der Waals surface area contributed by atoms with E-state index in [-0.39, 0.29) is 17.6 Å². The number of hydrogen-bond donors (Lipinski definition) is 1. The van der Waals surface area contributed by atoms with Crippen molar-refractivity contribution in [2.45, 2.75) is 31.6 Å². The number of carbonyl (C=O) groups is 1. The van der Waals surface area contributed by atoms with Gasteiger partial charge in [-0.1, -0.05) is 18.2 Å². The summed E-state index contributed by atoms with van der Waals surface area (Å²) in [5.74, 6) is 0.703. The molecule has 0 bridgehead atoms. The number of carboxylic acid groups (broad SMARTS) is 1. The number of para-hydroxylation sites is 1. The zero-order valence-corrected chi connectivity index (χ0v) is 11.7. The fourth-order valence-corrected chi connectivity index (χ4v) is 3.47. The van der Waals surface area contributed by atoms with Crippen LogP contribution in [0.1, 0.15) is 24.8 Å². The van der Waals surface area contributed by atoms with Crippen LogP contribution in [0, 0.1) is 5.41 Å². The third kappa shape index (κ3) is 4.37. The van der Waals surface area contributed by atoms with Gasteiger partial charge in [0.25, 0.3) is 0 Å². The molecule has 1 aromatic rings. The van der Waals surface area contributed by atoms with Crippen LogP contribution in [0.5, 0.6) is 5.75 Å². The molecule has 2 rings (SSSR count). The SMILES string of the molecule is O=C(O)CC1(CSCc2ccccc2OC(F)F)CC1. The first kappa shape index (κ1) is 15.1. The van der Waals surface area contributed by atoms with E-state index < -0.39 is 12.6 Å². The molecule has 110 valence electrons. The Bertz CT molecular complexity index is 475. The van der Waals surface area contributed by atoms with E-state index >= 15 is 0 Å². The Balaban J connectivity index is 1.86. The molecular weight excluding hydrogens is 286 g/mol. The summed E-state index contributed by atoms with van der Waals surface area (Å²) >= 11 is 1.57. The second-order valence-electron chi connectivity index (χ2n) is 5.05. The average Bonchev–Trinajstić information content (AvgIpc) is 3.09. The molecule has 0 radical (unpaired) electrons. The standard InChI is InChI=1S/C14H16F2O3S/c15-13(16)19-11-4-2-1-3-10(11)8-20-9-14(5-6-14)7-12(17)18/h1-4,13H,5-9H2,(H,17,18). The minimum Gasteiger partial charge on any atom is -0.481 e. The predicted octanol–water partition coefficient (Wildman–Crippen LogP) is 3.78. The van der Waals surface area contributed by atoms with Crippen molar-refractivity contribution in [1.82, 2.24) is 0 Å². The molecule has 1 aromatic carbocycles. The molecule has 3 nitrogen and oxygen atoms in total. The van der Waals surface area contributed by atoms with Gasteiger partial charge in [-0.3, -0.25) is 4.79 Å². The highest BCUT2D eigenvalue weighted by molar-refractivity contribution is 7.98. The van der Waals surface area contributed by atoms with E-state index in [4.69, 9.17) is 5.11 Å². The van der Waals surface area contributed by atoms with E-state index in [1.807, 2.05) is 0 Å². The van der Waals surface area contributed by atoms with Crippen LogP contribution in [0.4, 0.5) is 8.78 Å². The van der Waals surface area contributed by atoms with Gasteiger partial charge in [0.1, 0.15) is 5.75 Å². The summed E-state index contributed by atoms with van der Waals surface area (Å²) in [5.41, 5.74) is 0.624. The fourth-order valence-electron chi connectivity index (χ4n) is 2.08. The second-order valence-corrected chi connectivity index (χ2v) is 6.04. The Morgan fingerprint density at radius 1 is 1.40 bits per heavy atom. The Morgan fingerprint density at radius 3 is 2.70 bits per heavy atom. The van der Waals surface area contributed by atoms with Crippen LogP contribution in [0.3, 0.4) is 0 Å². The lowest BCUT2D eigenvalue weighted by Crippen LogP contribution is -2.11. The highest BCUT2D eigenvalue weighted by atomic mass is 32.2.